The number of aryl methyl sites for hydroxylation is 1. The molecule has 0 fully saturated rings. The Kier molecular flexibility index (Phi) is 6.42. The van der Waals surface area contributed by atoms with Gasteiger partial charge in [0.1, 0.15) is 23.1 Å². The molecule has 2 rings (SSSR count). The van der Waals surface area contributed by atoms with Crippen molar-refractivity contribution < 1.29 is 14.3 Å². The first kappa shape index (κ1) is 18.1. The van der Waals surface area contributed by atoms with E-state index in [1.54, 1.807) is 25.1 Å². The maximum atomic E-state index is 11.4. The first-order chi connectivity index (χ1) is 11.5. The summed E-state index contributed by atoms with van der Waals surface area (Å²) >= 11 is 12.1. The summed E-state index contributed by atoms with van der Waals surface area (Å²) in [5.74, 6) is 0.410. The van der Waals surface area contributed by atoms with Crippen molar-refractivity contribution in [3.8, 4) is 17.6 Å². The largest absolute Gasteiger partial charge is 0.466 e. The number of rotatable bonds is 6. The van der Waals surface area contributed by atoms with Crippen molar-refractivity contribution >= 4 is 29.2 Å². The van der Waals surface area contributed by atoms with Crippen molar-refractivity contribution in [2.75, 3.05) is 6.61 Å². The average molecular weight is 365 g/mol. The molecule has 0 amide bonds. The Bertz CT molecular complexity index is 788. The first-order valence-corrected chi connectivity index (χ1v) is 7.97. The predicted octanol–water partition coefficient (Wildman–Crippen LogP) is 4.55. The Hall–Kier alpha value is -2.29. The van der Waals surface area contributed by atoms with Crippen molar-refractivity contribution in [3.63, 3.8) is 0 Å². The molecule has 0 radical (unpaired) electrons. The van der Waals surface area contributed by atoms with E-state index >= 15 is 0 Å². The van der Waals surface area contributed by atoms with Gasteiger partial charge in [0, 0.05) is 18.7 Å². The zero-order valence-electron chi connectivity index (χ0n) is 12.9. The Morgan fingerprint density at radius 1 is 1.29 bits per heavy atom. The van der Waals surface area contributed by atoms with Gasteiger partial charge < -0.3 is 9.47 Å². The second-order valence-corrected chi connectivity index (χ2v) is 5.52. The second kappa shape index (κ2) is 8.53. The number of benzene rings is 1. The van der Waals surface area contributed by atoms with Crippen LogP contribution in [0.2, 0.25) is 10.2 Å². The predicted molar refractivity (Wildman–Crippen MR) is 90.4 cm³/mol. The third-order valence-electron chi connectivity index (χ3n) is 3.12. The van der Waals surface area contributed by atoms with Gasteiger partial charge in [0.15, 0.2) is 5.15 Å². The summed E-state index contributed by atoms with van der Waals surface area (Å²) < 4.78 is 10.5. The van der Waals surface area contributed by atoms with E-state index in [1.165, 1.54) is 12.3 Å². The molecule has 1 aromatic heterocycles. The molecule has 0 atom stereocenters. The summed E-state index contributed by atoms with van der Waals surface area (Å²) in [7, 11) is 0. The van der Waals surface area contributed by atoms with Gasteiger partial charge in [-0.1, -0.05) is 29.3 Å². The van der Waals surface area contributed by atoms with Crippen molar-refractivity contribution in [1.29, 1.82) is 5.26 Å². The molecule has 2 aromatic rings. The van der Waals surface area contributed by atoms with Crippen LogP contribution >= 0.6 is 23.2 Å². The molecule has 1 heterocycles. The number of nitriles is 1. The molecule has 24 heavy (non-hydrogen) atoms. The van der Waals surface area contributed by atoms with E-state index in [2.05, 4.69) is 4.98 Å². The Morgan fingerprint density at radius 3 is 2.75 bits per heavy atom. The van der Waals surface area contributed by atoms with Gasteiger partial charge in [0.25, 0.3) is 0 Å². The number of pyridine rings is 1. The molecule has 0 bridgehead atoms. The molecular formula is C17H14Cl2N2O3. The van der Waals surface area contributed by atoms with Crippen LogP contribution in [-0.2, 0) is 16.0 Å². The highest BCUT2D eigenvalue weighted by molar-refractivity contribution is 6.32. The molecule has 0 saturated carbocycles. The highest BCUT2D eigenvalue weighted by Gasteiger charge is 2.12. The number of nitrogens with zero attached hydrogens (tertiary/aromatic N) is 2. The standard InChI is InChI=1S/C17H14Cl2N2O3/c1-2-23-16(22)6-4-11-3-5-15(13(18)9-11)24-14-7-8-21-17(19)12(14)10-20/h3,5,7-9H,2,4,6H2,1H3. The zero-order valence-corrected chi connectivity index (χ0v) is 14.4. The monoisotopic (exact) mass is 364 g/mol. The fraction of sp³-hybridized carbons (Fsp3) is 0.235. The van der Waals surface area contributed by atoms with E-state index < -0.39 is 0 Å². The number of hydrogen-bond donors (Lipinski definition) is 0. The molecule has 124 valence electrons. The van der Waals surface area contributed by atoms with Crippen molar-refractivity contribution in [3.05, 3.63) is 51.8 Å². The summed E-state index contributed by atoms with van der Waals surface area (Å²) in [6.45, 7) is 2.13. The Morgan fingerprint density at radius 2 is 2.08 bits per heavy atom. The highest BCUT2D eigenvalue weighted by Crippen LogP contribution is 2.33. The van der Waals surface area contributed by atoms with Gasteiger partial charge in [-0.15, -0.1) is 0 Å². The number of carbonyl (C=O) groups is 1. The molecule has 0 unspecified atom stereocenters. The van der Waals surface area contributed by atoms with Crippen LogP contribution in [0.4, 0.5) is 0 Å². The summed E-state index contributed by atoms with van der Waals surface area (Å²) in [5.41, 5.74) is 1.02. The van der Waals surface area contributed by atoms with E-state index in [0.717, 1.165) is 5.56 Å². The minimum atomic E-state index is -0.251. The normalized spacial score (nSPS) is 10.1. The summed E-state index contributed by atoms with van der Waals surface area (Å²) in [6.07, 6.45) is 2.24. The number of carbonyl (C=O) groups excluding carboxylic acids is 1. The number of halogens is 2. The zero-order chi connectivity index (χ0) is 17.5. The lowest BCUT2D eigenvalue weighted by Gasteiger charge is -2.10. The van der Waals surface area contributed by atoms with Gasteiger partial charge in [-0.25, -0.2) is 4.98 Å². The highest BCUT2D eigenvalue weighted by atomic mass is 35.5. The third kappa shape index (κ3) is 4.60. The molecule has 0 aliphatic heterocycles. The first-order valence-electron chi connectivity index (χ1n) is 7.21. The van der Waals surface area contributed by atoms with Crippen LogP contribution in [0, 0.1) is 11.3 Å². The van der Waals surface area contributed by atoms with E-state index in [4.69, 9.17) is 37.9 Å². The van der Waals surface area contributed by atoms with Crippen LogP contribution < -0.4 is 4.74 Å². The molecular weight excluding hydrogens is 351 g/mol. The molecule has 0 spiro atoms. The summed E-state index contributed by atoms with van der Waals surface area (Å²) in [6, 6.07) is 8.68. The lowest BCUT2D eigenvalue weighted by molar-refractivity contribution is -0.143. The fourth-order valence-electron chi connectivity index (χ4n) is 1.99. The van der Waals surface area contributed by atoms with E-state index in [1.807, 2.05) is 6.07 Å². The molecule has 0 aliphatic carbocycles. The fourth-order valence-corrected chi connectivity index (χ4v) is 2.42. The van der Waals surface area contributed by atoms with E-state index in [9.17, 15) is 4.79 Å². The molecule has 0 saturated heterocycles. The van der Waals surface area contributed by atoms with Crippen LogP contribution in [0.25, 0.3) is 0 Å². The third-order valence-corrected chi connectivity index (χ3v) is 3.70. The Balaban J connectivity index is 2.12. The lowest BCUT2D eigenvalue weighted by atomic mass is 10.1. The molecule has 0 N–H and O–H groups in total. The number of hydrogen-bond acceptors (Lipinski definition) is 5. The van der Waals surface area contributed by atoms with Crippen molar-refractivity contribution in [2.24, 2.45) is 0 Å². The SMILES string of the molecule is CCOC(=O)CCc1ccc(Oc2ccnc(Cl)c2C#N)c(Cl)c1. The maximum absolute atomic E-state index is 11.4. The number of aromatic nitrogens is 1. The molecule has 7 heteroatoms. The van der Waals surface area contributed by atoms with Crippen LogP contribution in [0.15, 0.2) is 30.5 Å². The van der Waals surface area contributed by atoms with Gasteiger partial charge in [0.2, 0.25) is 0 Å². The summed E-state index contributed by atoms with van der Waals surface area (Å²) in [4.78, 5) is 15.2. The van der Waals surface area contributed by atoms with Gasteiger partial charge in [-0.2, -0.15) is 5.26 Å². The summed E-state index contributed by atoms with van der Waals surface area (Å²) in [5, 5.41) is 9.56. The maximum Gasteiger partial charge on any atom is 0.306 e. The van der Waals surface area contributed by atoms with Crippen LogP contribution in [0.3, 0.4) is 0 Å². The molecule has 1 aromatic carbocycles. The molecule has 5 nitrogen and oxygen atoms in total. The second-order valence-electron chi connectivity index (χ2n) is 4.76. The topological polar surface area (TPSA) is 72.2 Å². The van der Waals surface area contributed by atoms with Gasteiger partial charge in [-0.05, 0) is 31.0 Å². The smallest absolute Gasteiger partial charge is 0.306 e. The van der Waals surface area contributed by atoms with Crippen LogP contribution in [0.1, 0.15) is 24.5 Å². The average Bonchev–Trinajstić information content (AvgIpc) is 2.56. The van der Waals surface area contributed by atoms with Gasteiger partial charge in [-0.3, -0.25) is 4.79 Å². The van der Waals surface area contributed by atoms with Gasteiger partial charge >= 0.3 is 5.97 Å². The van der Waals surface area contributed by atoms with E-state index in [0.29, 0.717) is 23.8 Å². The van der Waals surface area contributed by atoms with Gasteiger partial charge in [0.05, 0.1) is 11.6 Å². The van der Waals surface area contributed by atoms with Crippen LogP contribution in [0.5, 0.6) is 11.5 Å². The molecule has 0 aliphatic rings. The van der Waals surface area contributed by atoms with Crippen molar-refractivity contribution in [1.82, 2.24) is 4.98 Å². The van der Waals surface area contributed by atoms with E-state index in [-0.39, 0.29) is 28.9 Å². The van der Waals surface area contributed by atoms with Crippen LogP contribution in [-0.4, -0.2) is 17.6 Å². The minimum Gasteiger partial charge on any atom is -0.466 e. The number of ether oxygens (including phenoxy) is 2. The Labute approximate surface area is 149 Å². The number of esters is 1. The van der Waals surface area contributed by atoms with Crippen molar-refractivity contribution in [2.45, 2.75) is 19.8 Å². The minimum absolute atomic E-state index is 0.0668. The lowest BCUT2D eigenvalue weighted by Crippen LogP contribution is -2.05. The quantitative estimate of drug-likeness (QED) is 0.555.